The Morgan fingerprint density at radius 3 is 2.83 bits per heavy atom. The number of ketones is 1. The third-order valence-electron chi connectivity index (χ3n) is 3.03. The monoisotopic (exact) mass is 166 g/mol. The van der Waals surface area contributed by atoms with Gasteiger partial charge in [-0.05, 0) is 37.2 Å². The second kappa shape index (κ2) is 3.88. The van der Waals surface area contributed by atoms with Crippen LogP contribution in [-0.4, -0.2) is 5.78 Å². The summed E-state index contributed by atoms with van der Waals surface area (Å²) in [5.41, 5.74) is 1.06. The number of carbonyl (C=O) groups excluding carboxylic acids is 1. The van der Waals surface area contributed by atoms with Crippen LogP contribution in [0.5, 0.6) is 0 Å². The van der Waals surface area contributed by atoms with E-state index in [-0.39, 0.29) is 5.78 Å². The van der Waals surface area contributed by atoms with Gasteiger partial charge in [0.1, 0.15) is 0 Å². The van der Waals surface area contributed by atoms with Gasteiger partial charge in [0.05, 0.1) is 0 Å². The van der Waals surface area contributed by atoms with Crippen molar-refractivity contribution < 1.29 is 4.79 Å². The van der Waals surface area contributed by atoms with Crippen molar-refractivity contribution in [2.75, 3.05) is 0 Å². The van der Waals surface area contributed by atoms with Crippen LogP contribution in [0.15, 0.2) is 11.6 Å². The molecule has 0 aromatic carbocycles. The Morgan fingerprint density at radius 2 is 2.33 bits per heavy atom. The summed E-state index contributed by atoms with van der Waals surface area (Å²) in [5.74, 6) is 1.48. The quantitative estimate of drug-likeness (QED) is 0.616. The summed E-state index contributed by atoms with van der Waals surface area (Å²) in [6, 6.07) is 0. The highest BCUT2D eigenvalue weighted by Gasteiger charge is 2.24. The molecule has 0 aromatic rings. The molecular weight excluding hydrogens is 148 g/mol. The summed E-state index contributed by atoms with van der Waals surface area (Å²) < 4.78 is 0. The molecule has 0 saturated carbocycles. The molecule has 0 radical (unpaired) electrons. The van der Waals surface area contributed by atoms with Gasteiger partial charge in [-0.15, -0.1) is 0 Å². The summed E-state index contributed by atoms with van der Waals surface area (Å²) in [6.45, 7) is 6.07. The number of allylic oxidation sites excluding steroid dienone is 2. The number of rotatable bonds is 2. The topological polar surface area (TPSA) is 17.1 Å². The summed E-state index contributed by atoms with van der Waals surface area (Å²) in [7, 11) is 0. The molecule has 1 nitrogen and oxygen atoms in total. The summed E-state index contributed by atoms with van der Waals surface area (Å²) in [6.07, 6.45) is 5.68. The standard InChI is InChI=1S/C11H18O/c1-4-10-6-5-7-11(8(10)2)9(3)12/h7-8,10H,4-6H2,1-3H3. The predicted molar refractivity (Wildman–Crippen MR) is 50.9 cm³/mol. The van der Waals surface area contributed by atoms with Crippen LogP contribution < -0.4 is 0 Å². The van der Waals surface area contributed by atoms with E-state index in [1.807, 2.05) is 0 Å². The molecule has 0 aromatic heterocycles. The maximum Gasteiger partial charge on any atom is 0.155 e. The van der Waals surface area contributed by atoms with Crippen molar-refractivity contribution >= 4 is 5.78 Å². The van der Waals surface area contributed by atoms with Gasteiger partial charge in [0.2, 0.25) is 0 Å². The van der Waals surface area contributed by atoms with Crippen LogP contribution >= 0.6 is 0 Å². The van der Waals surface area contributed by atoms with Crippen LogP contribution in [-0.2, 0) is 4.79 Å². The molecular formula is C11H18O. The van der Waals surface area contributed by atoms with Gasteiger partial charge < -0.3 is 0 Å². The maximum atomic E-state index is 11.2. The fourth-order valence-electron chi connectivity index (χ4n) is 2.16. The van der Waals surface area contributed by atoms with Crippen molar-refractivity contribution in [1.29, 1.82) is 0 Å². The molecule has 2 unspecified atom stereocenters. The minimum Gasteiger partial charge on any atom is -0.295 e. The van der Waals surface area contributed by atoms with E-state index in [2.05, 4.69) is 19.9 Å². The lowest BCUT2D eigenvalue weighted by molar-refractivity contribution is -0.114. The zero-order valence-electron chi connectivity index (χ0n) is 8.26. The van der Waals surface area contributed by atoms with Crippen LogP contribution in [0.25, 0.3) is 0 Å². The smallest absolute Gasteiger partial charge is 0.155 e. The normalized spacial score (nSPS) is 29.8. The van der Waals surface area contributed by atoms with E-state index in [0.717, 1.165) is 17.9 Å². The molecule has 0 fully saturated rings. The molecule has 0 aliphatic heterocycles. The first-order valence-corrected chi connectivity index (χ1v) is 4.87. The van der Waals surface area contributed by atoms with Crippen molar-refractivity contribution in [1.82, 2.24) is 0 Å². The molecule has 0 spiro atoms. The van der Waals surface area contributed by atoms with Crippen LogP contribution in [0.3, 0.4) is 0 Å². The molecule has 0 amide bonds. The van der Waals surface area contributed by atoms with Gasteiger partial charge >= 0.3 is 0 Å². The molecule has 2 atom stereocenters. The fraction of sp³-hybridized carbons (Fsp3) is 0.727. The molecule has 1 heteroatoms. The SMILES string of the molecule is CCC1CCC=C(C(C)=O)C1C. The Kier molecular flexibility index (Phi) is 3.07. The number of carbonyl (C=O) groups is 1. The maximum absolute atomic E-state index is 11.2. The first kappa shape index (κ1) is 9.50. The number of Topliss-reactive ketones (excluding diaryl/α,β-unsaturated/α-hetero) is 1. The zero-order chi connectivity index (χ0) is 9.14. The third-order valence-corrected chi connectivity index (χ3v) is 3.03. The molecule has 0 bridgehead atoms. The highest BCUT2D eigenvalue weighted by molar-refractivity contribution is 5.93. The lowest BCUT2D eigenvalue weighted by Gasteiger charge is -2.27. The Labute approximate surface area is 74.9 Å². The summed E-state index contributed by atoms with van der Waals surface area (Å²) in [5, 5.41) is 0. The molecule has 1 rings (SSSR count). The number of hydrogen-bond acceptors (Lipinski definition) is 1. The molecule has 1 aliphatic rings. The van der Waals surface area contributed by atoms with Crippen LogP contribution in [0.4, 0.5) is 0 Å². The molecule has 0 heterocycles. The van der Waals surface area contributed by atoms with E-state index in [4.69, 9.17) is 0 Å². The van der Waals surface area contributed by atoms with Crippen molar-refractivity contribution in [3.8, 4) is 0 Å². The van der Waals surface area contributed by atoms with Gasteiger partial charge in [0.25, 0.3) is 0 Å². The molecule has 12 heavy (non-hydrogen) atoms. The average molecular weight is 166 g/mol. The van der Waals surface area contributed by atoms with Gasteiger partial charge in [-0.2, -0.15) is 0 Å². The van der Waals surface area contributed by atoms with Gasteiger partial charge in [0.15, 0.2) is 5.78 Å². The van der Waals surface area contributed by atoms with Crippen molar-refractivity contribution in [3.63, 3.8) is 0 Å². The molecule has 0 saturated heterocycles. The summed E-state index contributed by atoms with van der Waals surface area (Å²) >= 11 is 0. The van der Waals surface area contributed by atoms with Gasteiger partial charge in [-0.3, -0.25) is 4.79 Å². The lowest BCUT2D eigenvalue weighted by atomic mass is 9.77. The van der Waals surface area contributed by atoms with Crippen LogP contribution in [0.2, 0.25) is 0 Å². The van der Waals surface area contributed by atoms with E-state index in [9.17, 15) is 4.79 Å². The van der Waals surface area contributed by atoms with E-state index in [1.165, 1.54) is 12.8 Å². The second-order valence-corrected chi connectivity index (χ2v) is 3.75. The average Bonchev–Trinajstić information content (AvgIpc) is 2.04. The van der Waals surface area contributed by atoms with Gasteiger partial charge in [0, 0.05) is 0 Å². The van der Waals surface area contributed by atoms with E-state index >= 15 is 0 Å². The van der Waals surface area contributed by atoms with E-state index in [1.54, 1.807) is 6.92 Å². The minimum absolute atomic E-state index is 0.264. The number of hydrogen-bond donors (Lipinski definition) is 0. The predicted octanol–water partition coefficient (Wildman–Crippen LogP) is 2.96. The zero-order valence-corrected chi connectivity index (χ0v) is 8.26. The minimum atomic E-state index is 0.264. The molecule has 1 aliphatic carbocycles. The first-order chi connectivity index (χ1) is 5.66. The third kappa shape index (κ3) is 1.77. The van der Waals surface area contributed by atoms with Crippen molar-refractivity contribution in [2.24, 2.45) is 11.8 Å². The van der Waals surface area contributed by atoms with Gasteiger partial charge in [-0.1, -0.05) is 26.3 Å². The first-order valence-electron chi connectivity index (χ1n) is 4.87. The van der Waals surface area contributed by atoms with E-state index in [0.29, 0.717) is 5.92 Å². The molecule has 68 valence electrons. The fourth-order valence-corrected chi connectivity index (χ4v) is 2.16. The lowest BCUT2D eigenvalue weighted by Crippen LogP contribution is -2.20. The Balaban J connectivity index is 2.75. The van der Waals surface area contributed by atoms with Crippen LogP contribution in [0.1, 0.15) is 40.0 Å². The second-order valence-electron chi connectivity index (χ2n) is 3.75. The highest BCUT2D eigenvalue weighted by Crippen LogP contribution is 2.32. The van der Waals surface area contributed by atoms with Crippen molar-refractivity contribution in [3.05, 3.63) is 11.6 Å². The summed E-state index contributed by atoms with van der Waals surface area (Å²) in [4.78, 5) is 11.2. The molecule has 0 N–H and O–H groups in total. The Bertz CT molecular complexity index is 203. The van der Waals surface area contributed by atoms with Crippen LogP contribution in [0, 0.1) is 11.8 Å². The van der Waals surface area contributed by atoms with E-state index < -0.39 is 0 Å². The Hall–Kier alpha value is -0.590. The van der Waals surface area contributed by atoms with Gasteiger partial charge in [-0.25, -0.2) is 0 Å². The largest absolute Gasteiger partial charge is 0.295 e. The Morgan fingerprint density at radius 1 is 1.67 bits per heavy atom. The van der Waals surface area contributed by atoms with Crippen molar-refractivity contribution in [2.45, 2.75) is 40.0 Å². The highest BCUT2D eigenvalue weighted by atomic mass is 16.1.